The summed E-state index contributed by atoms with van der Waals surface area (Å²) in [5.74, 6) is -1.14. The van der Waals surface area contributed by atoms with Crippen LogP contribution < -0.4 is 0 Å². The molecule has 0 atom stereocenters. The second-order valence-corrected chi connectivity index (χ2v) is 4.52. The molecule has 0 bridgehead atoms. The second kappa shape index (κ2) is 5.21. The SMILES string of the molecule is Fc1cc(C(F)(F)F)ccc1-c1cnc2c(cnn2C(F)F)n1. The summed E-state index contributed by atoms with van der Waals surface area (Å²) in [7, 11) is 0. The van der Waals surface area contributed by atoms with Crippen LogP contribution in [0.1, 0.15) is 12.1 Å². The fourth-order valence-electron chi connectivity index (χ4n) is 2.00. The summed E-state index contributed by atoms with van der Waals surface area (Å²) in [5, 5.41) is 3.40. The largest absolute Gasteiger partial charge is 0.416 e. The van der Waals surface area contributed by atoms with Gasteiger partial charge in [-0.1, -0.05) is 0 Å². The molecule has 0 aliphatic rings. The predicted molar refractivity (Wildman–Crippen MR) is 67.0 cm³/mol. The van der Waals surface area contributed by atoms with Crippen LogP contribution in [0.25, 0.3) is 22.4 Å². The quantitative estimate of drug-likeness (QED) is 0.665. The molecule has 3 rings (SSSR count). The Kier molecular flexibility index (Phi) is 3.46. The number of hydrogen-bond acceptors (Lipinski definition) is 3. The fraction of sp³-hybridized carbons (Fsp3) is 0.154. The molecular weight excluding hydrogens is 326 g/mol. The Balaban J connectivity index is 2.07. The molecule has 2 heterocycles. The fourth-order valence-corrected chi connectivity index (χ4v) is 2.00. The van der Waals surface area contributed by atoms with Crippen LogP contribution in [0.4, 0.5) is 26.3 Å². The molecule has 0 unspecified atom stereocenters. The molecule has 0 amide bonds. The summed E-state index contributed by atoms with van der Waals surface area (Å²) in [4.78, 5) is 7.62. The Morgan fingerprint density at radius 3 is 2.43 bits per heavy atom. The van der Waals surface area contributed by atoms with E-state index in [-0.39, 0.29) is 22.4 Å². The van der Waals surface area contributed by atoms with E-state index in [1.807, 2.05) is 0 Å². The van der Waals surface area contributed by atoms with Gasteiger partial charge in [-0.25, -0.2) is 14.4 Å². The predicted octanol–water partition coefficient (Wildman–Crippen LogP) is 4.05. The van der Waals surface area contributed by atoms with Crippen LogP contribution in [-0.4, -0.2) is 19.7 Å². The smallest absolute Gasteiger partial charge is 0.241 e. The minimum absolute atomic E-state index is 0.0258. The maximum Gasteiger partial charge on any atom is 0.416 e. The van der Waals surface area contributed by atoms with E-state index in [2.05, 4.69) is 15.1 Å². The number of aromatic nitrogens is 4. The molecule has 1 aromatic carbocycles. The molecular formula is C13H6F6N4. The van der Waals surface area contributed by atoms with Crippen molar-refractivity contribution in [2.24, 2.45) is 0 Å². The molecule has 120 valence electrons. The standard InChI is InChI=1S/C13H6F6N4/c14-8-3-6(13(17,18)19)1-2-7(8)9-4-20-11-10(22-9)5-21-23(11)12(15)16/h1-5,12H. The summed E-state index contributed by atoms with van der Waals surface area (Å²) >= 11 is 0. The maximum absolute atomic E-state index is 13.9. The Labute approximate surface area is 124 Å². The molecule has 0 aliphatic heterocycles. The first-order valence-electron chi connectivity index (χ1n) is 6.13. The Bertz CT molecular complexity index is 871. The lowest BCUT2D eigenvalue weighted by Gasteiger charge is -2.09. The van der Waals surface area contributed by atoms with Crippen LogP contribution in [0, 0.1) is 5.82 Å². The Hall–Kier alpha value is -2.65. The van der Waals surface area contributed by atoms with Crippen molar-refractivity contribution in [1.82, 2.24) is 19.7 Å². The van der Waals surface area contributed by atoms with Crippen molar-refractivity contribution < 1.29 is 26.3 Å². The highest BCUT2D eigenvalue weighted by molar-refractivity contribution is 5.73. The van der Waals surface area contributed by atoms with Gasteiger partial charge in [0, 0.05) is 5.56 Å². The van der Waals surface area contributed by atoms with E-state index < -0.39 is 24.1 Å². The summed E-state index contributed by atoms with van der Waals surface area (Å²) < 4.78 is 77.0. The van der Waals surface area contributed by atoms with Gasteiger partial charge < -0.3 is 0 Å². The van der Waals surface area contributed by atoms with Crippen molar-refractivity contribution in [3.8, 4) is 11.3 Å². The lowest BCUT2D eigenvalue weighted by Crippen LogP contribution is -2.05. The van der Waals surface area contributed by atoms with Crippen molar-refractivity contribution in [3.63, 3.8) is 0 Å². The number of nitrogens with zero attached hydrogens (tertiary/aromatic N) is 4. The molecule has 0 radical (unpaired) electrons. The lowest BCUT2D eigenvalue weighted by molar-refractivity contribution is -0.137. The van der Waals surface area contributed by atoms with Gasteiger partial charge in [-0.3, -0.25) is 0 Å². The average Bonchev–Trinajstić information content (AvgIpc) is 2.89. The number of fused-ring (bicyclic) bond motifs is 1. The molecule has 0 saturated carbocycles. The van der Waals surface area contributed by atoms with Gasteiger partial charge >= 0.3 is 12.7 Å². The van der Waals surface area contributed by atoms with Crippen LogP contribution in [0.3, 0.4) is 0 Å². The van der Waals surface area contributed by atoms with Crippen molar-refractivity contribution in [1.29, 1.82) is 0 Å². The summed E-state index contributed by atoms with van der Waals surface area (Å²) in [6, 6.07) is 1.95. The zero-order chi connectivity index (χ0) is 16.8. The first kappa shape index (κ1) is 15.3. The zero-order valence-corrected chi connectivity index (χ0v) is 11.0. The van der Waals surface area contributed by atoms with Gasteiger partial charge in [0.25, 0.3) is 0 Å². The van der Waals surface area contributed by atoms with Crippen LogP contribution in [0.15, 0.2) is 30.6 Å². The Morgan fingerprint density at radius 1 is 1.09 bits per heavy atom. The topological polar surface area (TPSA) is 43.6 Å². The second-order valence-electron chi connectivity index (χ2n) is 4.52. The van der Waals surface area contributed by atoms with E-state index in [0.717, 1.165) is 18.5 Å². The van der Waals surface area contributed by atoms with Gasteiger partial charge in [0.15, 0.2) is 5.65 Å². The van der Waals surface area contributed by atoms with Crippen molar-refractivity contribution in [2.75, 3.05) is 0 Å². The molecule has 4 nitrogen and oxygen atoms in total. The molecule has 10 heteroatoms. The van der Waals surface area contributed by atoms with Gasteiger partial charge in [0.1, 0.15) is 11.3 Å². The van der Waals surface area contributed by atoms with E-state index in [1.165, 1.54) is 0 Å². The Morgan fingerprint density at radius 2 is 1.83 bits per heavy atom. The monoisotopic (exact) mass is 332 g/mol. The number of hydrogen-bond donors (Lipinski definition) is 0. The van der Waals surface area contributed by atoms with Crippen molar-refractivity contribution in [3.05, 3.63) is 42.0 Å². The van der Waals surface area contributed by atoms with E-state index in [9.17, 15) is 26.3 Å². The van der Waals surface area contributed by atoms with Crippen molar-refractivity contribution in [2.45, 2.75) is 12.7 Å². The average molecular weight is 332 g/mol. The van der Waals surface area contributed by atoms with Gasteiger partial charge in [0.2, 0.25) is 0 Å². The van der Waals surface area contributed by atoms with Gasteiger partial charge in [-0.15, -0.1) is 0 Å². The van der Waals surface area contributed by atoms with Gasteiger partial charge in [-0.05, 0) is 18.2 Å². The first-order valence-corrected chi connectivity index (χ1v) is 6.13. The van der Waals surface area contributed by atoms with E-state index in [0.29, 0.717) is 16.8 Å². The summed E-state index contributed by atoms with van der Waals surface area (Å²) in [6.07, 6.45) is -2.66. The first-order chi connectivity index (χ1) is 10.8. The van der Waals surface area contributed by atoms with Crippen LogP contribution in [0.2, 0.25) is 0 Å². The third-order valence-electron chi connectivity index (χ3n) is 3.06. The molecule has 0 saturated heterocycles. The number of benzene rings is 1. The van der Waals surface area contributed by atoms with E-state index >= 15 is 0 Å². The normalized spacial score (nSPS) is 12.3. The molecule has 3 aromatic rings. The molecule has 23 heavy (non-hydrogen) atoms. The maximum atomic E-state index is 13.9. The van der Waals surface area contributed by atoms with Gasteiger partial charge in [0.05, 0.1) is 23.7 Å². The molecule has 0 spiro atoms. The molecule has 0 N–H and O–H groups in total. The highest BCUT2D eigenvalue weighted by Crippen LogP contribution is 2.32. The molecule has 0 aliphatic carbocycles. The highest BCUT2D eigenvalue weighted by Gasteiger charge is 2.31. The van der Waals surface area contributed by atoms with Crippen LogP contribution >= 0.6 is 0 Å². The zero-order valence-electron chi connectivity index (χ0n) is 11.0. The third-order valence-corrected chi connectivity index (χ3v) is 3.06. The van der Waals surface area contributed by atoms with Crippen molar-refractivity contribution >= 4 is 11.2 Å². The van der Waals surface area contributed by atoms with Crippen LogP contribution in [-0.2, 0) is 6.18 Å². The highest BCUT2D eigenvalue weighted by atomic mass is 19.4. The number of alkyl halides is 5. The van der Waals surface area contributed by atoms with Gasteiger partial charge in [-0.2, -0.15) is 31.7 Å². The summed E-state index contributed by atoms with van der Waals surface area (Å²) in [6.45, 7) is -2.92. The molecule has 2 aromatic heterocycles. The minimum Gasteiger partial charge on any atom is -0.241 e. The number of halogens is 6. The lowest BCUT2D eigenvalue weighted by atomic mass is 10.1. The van der Waals surface area contributed by atoms with Crippen LogP contribution in [0.5, 0.6) is 0 Å². The minimum atomic E-state index is -4.67. The third kappa shape index (κ3) is 2.71. The molecule has 0 fully saturated rings. The number of rotatable bonds is 2. The van der Waals surface area contributed by atoms with E-state index in [4.69, 9.17) is 0 Å². The van der Waals surface area contributed by atoms with E-state index in [1.54, 1.807) is 0 Å². The summed E-state index contributed by atoms with van der Waals surface area (Å²) in [5.41, 5.74) is -1.69.